The Labute approximate surface area is 78.1 Å². The van der Waals surface area contributed by atoms with Crippen LogP contribution in [0.1, 0.15) is 20.8 Å². The normalized spacial score (nSPS) is 15.2. The van der Waals surface area contributed by atoms with E-state index in [0.717, 1.165) is 11.8 Å². The van der Waals surface area contributed by atoms with Crippen molar-refractivity contribution in [1.82, 2.24) is 0 Å². The van der Waals surface area contributed by atoms with Gasteiger partial charge in [0.15, 0.2) is 5.83 Å². The number of aliphatic imine (C=N–C) groups is 1. The van der Waals surface area contributed by atoms with Gasteiger partial charge in [-0.25, -0.2) is 4.39 Å². The minimum absolute atomic E-state index is 0.0590. The SMILES string of the molecule is CC.CC1=CC(C#N)=C(F)C=NC1. The molecule has 0 atom stereocenters. The van der Waals surface area contributed by atoms with Gasteiger partial charge < -0.3 is 0 Å². The van der Waals surface area contributed by atoms with Crippen molar-refractivity contribution in [3.63, 3.8) is 0 Å². The smallest absolute Gasteiger partial charge is 0.158 e. The van der Waals surface area contributed by atoms with Crippen LogP contribution in [0, 0.1) is 11.3 Å². The van der Waals surface area contributed by atoms with E-state index in [9.17, 15) is 4.39 Å². The van der Waals surface area contributed by atoms with Gasteiger partial charge in [-0.15, -0.1) is 0 Å². The Hall–Kier alpha value is -1.43. The molecule has 0 unspecified atom stereocenters. The van der Waals surface area contributed by atoms with E-state index in [1.54, 1.807) is 6.07 Å². The first-order valence-corrected chi connectivity index (χ1v) is 4.21. The average molecular weight is 180 g/mol. The third kappa shape index (κ3) is 3.66. The maximum atomic E-state index is 12.7. The fraction of sp³-hybridized carbons (Fsp3) is 0.400. The van der Waals surface area contributed by atoms with E-state index in [4.69, 9.17) is 5.26 Å². The molecule has 1 heterocycles. The molecule has 0 spiro atoms. The predicted octanol–water partition coefficient (Wildman–Crippen LogP) is 2.79. The van der Waals surface area contributed by atoms with Crippen LogP contribution in [0.3, 0.4) is 0 Å². The van der Waals surface area contributed by atoms with Crippen LogP contribution in [-0.4, -0.2) is 12.8 Å². The van der Waals surface area contributed by atoms with Gasteiger partial charge >= 0.3 is 0 Å². The number of hydrogen-bond acceptors (Lipinski definition) is 2. The van der Waals surface area contributed by atoms with E-state index >= 15 is 0 Å². The quantitative estimate of drug-likeness (QED) is 0.564. The van der Waals surface area contributed by atoms with Crippen LogP contribution in [-0.2, 0) is 0 Å². The van der Waals surface area contributed by atoms with Crippen molar-refractivity contribution in [3.8, 4) is 6.07 Å². The lowest BCUT2D eigenvalue weighted by Crippen LogP contribution is -1.80. The summed E-state index contributed by atoms with van der Waals surface area (Å²) in [6.45, 7) is 6.28. The Balaban J connectivity index is 0.000000671. The third-order valence-corrected chi connectivity index (χ3v) is 1.31. The van der Waals surface area contributed by atoms with E-state index in [-0.39, 0.29) is 5.57 Å². The zero-order chi connectivity index (χ0) is 10.3. The summed E-state index contributed by atoms with van der Waals surface area (Å²) >= 11 is 0. The molecule has 1 rings (SSSR count). The molecule has 0 amide bonds. The lowest BCUT2D eigenvalue weighted by Gasteiger charge is -1.89. The average Bonchev–Trinajstić information content (AvgIpc) is 2.31. The lowest BCUT2D eigenvalue weighted by molar-refractivity contribution is 0.681. The molecule has 0 bridgehead atoms. The van der Waals surface area contributed by atoms with E-state index in [0.29, 0.717) is 6.54 Å². The molecule has 3 heteroatoms. The molecule has 0 saturated carbocycles. The predicted molar refractivity (Wildman–Crippen MR) is 52.2 cm³/mol. The van der Waals surface area contributed by atoms with Gasteiger partial charge in [0.25, 0.3) is 0 Å². The molecule has 1 aliphatic rings. The highest BCUT2D eigenvalue weighted by Gasteiger charge is 2.04. The third-order valence-electron chi connectivity index (χ3n) is 1.31. The highest BCUT2D eigenvalue weighted by Crippen LogP contribution is 2.11. The Bertz CT molecular complexity index is 293. The van der Waals surface area contributed by atoms with Crippen molar-refractivity contribution in [2.45, 2.75) is 20.8 Å². The monoisotopic (exact) mass is 180 g/mol. The van der Waals surface area contributed by atoms with E-state index in [2.05, 4.69) is 4.99 Å². The first-order valence-electron chi connectivity index (χ1n) is 4.21. The van der Waals surface area contributed by atoms with Crippen LogP contribution in [0.4, 0.5) is 4.39 Å². The second-order valence-electron chi connectivity index (χ2n) is 2.33. The molecule has 0 fully saturated rings. The fourth-order valence-electron chi connectivity index (χ4n) is 0.786. The number of nitriles is 1. The largest absolute Gasteiger partial charge is 0.286 e. The van der Waals surface area contributed by atoms with Crippen LogP contribution in [0.5, 0.6) is 0 Å². The van der Waals surface area contributed by atoms with Crippen LogP contribution in [0.25, 0.3) is 0 Å². The second-order valence-corrected chi connectivity index (χ2v) is 2.33. The Morgan fingerprint density at radius 1 is 1.54 bits per heavy atom. The van der Waals surface area contributed by atoms with Crippen molar-refractivity contribution in [3.05, 3.63) is 23.0 Å². The molecular weight excluding hydrogens is 167 g/mol. The van der Waals surface area contributed by atoms with Crippen molar-refractivity contribution < 1.29 is 4.39 Å². The minimum Gasteiger partial charge on any atom is -0.286 e. The van der Waals surface area contributed by atoms with Crippen LogP contribution < -0.4 is 0 Å². The molecule has 0 radical (unpaired) electrons. The van der Waals surface area contributed by atoms with Gasteiger partial charge in [0.05, 0.1) is 18.3 Å². The number of nitrogens with zero attached hydrogens (tertiary/aromatic N) is 2. The van der Waals surface area contributed by atoms with Crippen molar-refractivity contribution >= 4 is 6.21 Å². The molecule has 70 valence electrons. The summed E-state index contributed by atoms with van der Waals surface area (Å²) in [6, 6.07) is 1.76. The summed E-state index contributed by atoms with van der Waals surface area (Å²) in [5, 5.41) is 8.45. The molecule has 13 heavy (non-hydrogen) atoms. The van der Waals surface area contributed by atoms with Crippen molar-refractivity contribution in [2.24, 2.45) is 4.99 Å². The van der Waals surface area contributed by atoms with Crippen LogP contribution in [0.2, 0.25) is 0 Å². The summed E-state index contributed by atoms with van der Waals surface area (Å²) < 4.78 is 12.7. The number of hydrogen-bond donors (Lipinski definition) is 0. The lowest BCUT2D eigenvalue weighted by atomic mass is 10.2. The molecular formula is C10H13FN2. The standard InChI is InChI=1S/C8H7FN2.C2H6/c1-6-2-7(3-10)8(9)5-11-4-6;1-2/h2,5H,4H2,1H3;1-2H3. The number of rotatable bonds is 0. The summed E-state index contributed by atoms with van der Waals surface area (Å²) in [4.78, 5) is 3.75. The van der Waals surface area contributed by atoms with Gasteiger partial charge in [-0.05, 0) is 13.0 Å². The van der Waals surface area contributed by atoms with Gasteiger partial charge in [0.2, 0.25) is 0 Å². The number of halogens is 1. The Morgan fingerprint density at radius 2 is 2.15 bits per heavy atom. The van der Waals surface area contributed by atoms with Gasteiger partial charge in [-0.3, -0.25) is 4.99 Å². The molecule has 0 aromatic heterocycles. The molecule has 0 aromatic carbocycles. The molecule has 0 aliphatic carbocycles. The van der Waals surface area contributed by atoms with E-state index < -0.39 is 5.83 Å². The number of allylic oxidation sites excluding steroid dienone is 3. The highest BCUT2D eigenvalue weighted by atomic mass is 19.1. The second kappa shape index (κ2) is 6.13. The molecule has 0 saturated heterocycles. The van der Waals surface area contributed by atoms with Crippen LogP contribution >= 0.6 is 0 Å². The zero-order valence-corrected chi connectivity index (χ0v) is 8.13. The topological polar surface area (TPSA) is 36.1 Å². The molecule has 1 aliphatic heterocycles. The van der Waals surface area contributed by atoms with Gasteiger partial charge in [-0.1, -0.05) is 19.4 Å². The summed E-state index contributed by atoms with van der Waals surface area (Å²) in [5.74, 6) is -0.552. The first kappa shape index (κ1) is 11.6. The first-order chi connectivity index (χ1) is 6.24. The maximum Gasteiger partial charge on any atom is 0.158 e. The Morgan fingerprint density at radius 3 is 2.69 bits per heavy atom. The minimum atomic E-state index is -0.552. The maximum absolute atomic E-state index is 12.7. The summed E-state index contributed by atoms with van der Waals surface area (Å²) in [7, 11) is 0. The molecule has 0 N–H and O–H groups in total. The summed E-state index contributed by atoms with van der Waals surface area (Å²) in [5.41, 5.74) is 0.953. The van der Waals surface area contributed by atoms with Crippen molar-refractivity contribution in [2.75, 3.05) is 6.54 Å². The van der Waals surface area contributed by atoms with Gasteiger partial charge in [-0.2, -0.15) is 5.26 Å². The summed E-state index contributed by atoms with van der Waals surface area (Å²) in [6.07, 6.45) is 2.61. The van der Waals surface area contributed by atoms with Crippen LogP contribution in [0.15, 0.2) is 28.0 Å². The van der Waals surface area contributed by atoms with Gasteiger partial charge in [0, 0.05) is 0 Å². The van der Waals surface area contributed by atoms with Gasteiger partial charge in [0.1, 0.15) is 6.07 Å². The van der Waals surface area contributed by atoms with E-state index in [1.165, 1.54) is 6.08 Å². The Kier molecular flexibility index (Phi) is 5.45. The highest BCUT2D eigenvalue weighted by molar-refractivity contribution is 5.79. The van der Waals surface area contributed by atoms with E-state index in [1.807, 2.05) is 20.8 Å². The molecule has 0 aromatic rings. The van der Waals surface area contributed by atoms with Crippen molar-refractivity contribution in [1.29, 1.82) is 5.26 Å². The fourth-order valence-corrected chi connectivity index (χ4v) is 0.786. The zero-order valence-electron chi connectivity index (χ0n) is 8.13. The molecule has 2 nitrogen and oxygen atoms in total.